The second-order valence-electron chi connectivity index (χ2n) is 6.77. The summed E-state index contributed by atoms with van der Waals surface area (Å²) in [5.74, 6) is -0.173. The molecule has 0 aliphatic carbocycles. The molecule has 2 unspecified atom stereocenters. The molecule has 1 aromatic rings. The van der Waals surface area contributed by atoms with Crippen molar-refractivity contribution in [2.75, 3.05) is 13.1 Å². The molecule has 2 atom stereocenters. The van der Waals surface area contributed by atoms with Crippen LogP contribution in [-0.4, -0.2) is 24.0 Å². The molecule has 2 rings (SSSR count). The lowest BCUT2D eigenvalue weighted by atomic mass is 9.81. The lowest BCUT2D eigenvalue weighted by Gasteiger charge is -2.43. The molecule has 0 radical (unpaired) electrons. The first kappa shape index (κ1) is 15.5. The Morgan fingerprint density at radius 1 is 1.30 bits per heavy atom. The summed E-state index contributed by atoms with van der Waals surface area (Å²) in [6, 6.07) is 7.11. The number of hydrogen-bond donors (Lipinski definition) is 1. The van der Waals surface area contributed by atoms with Crippen LogP contribution in [0.4, 0.5) is 4.39 Å². The highest BCUT2D eigenvalue weighted by molar-refractivity contribution is 5.22. The van der Waals surface area contributed by atoms with Crippen molar-refractivity contribution in [2.45, 2.75) is 52.1 Å². The first-order chi connectivity index (χ1) is 9.43. The van der Waals surface area contributed by atoms with Crippen LogP contribution in [0.3, 0.4) is 0 Å². The summed E-state index contributed by atoms with van der Waals surface area (Å²) in [6.45, 7) is 8.83. The minimum Gasteiger partial charge on any atom is -0.326 e. The maximum Gasteiger partial charge on any atom is 0.123 e. The highest BCUT2D eigenvalue weighted by Gasteiger charge is 2.32. The van der Waals surface area contributed by atoms with Crippen LogP contribution in [0.5, 0.6) is 0 Å². The molecule has 1 aromatic carbocycles. The van der Waals surface area contributed by atoms with Crippen molar-refractivity contribution in [3.8, 4) is 0 Å². The Bertz CT molecular complexity index is 434. The third kappa shape index (κ3) is 3.58. The minimum atomic E-state index is -0.173. The maximum atomic E-state index is 13.5. The fourth-order valence-electron chi connectivity index (χ4n) is 3.05. The molecule has 1 aliphatic rings. The number of nitrogens with two attached hydrogens (primary N) is 1. The summed E-state index contributed by atoms with van der Waals surface area (Å²) in [5, 5.41) is 0. The summed E-state index contributed by atoms with van der Waals surface area (Å²) in [7, 11) is 0. The first-order valence-corrected chi connectivity index (χ1v) is 7.68. The number of halogens is 1. The molecule has 1 fully saturated rings. The molecule has 0 aromatic heterocycles. The Balaban J connectivity index is 2.21. The number of likely N-dealkylation sites (tertiary alicyclic amines) is 1. The van der Waals surface area contributed by atoms with Gasteiger partial charge in [-0.2, -0.15) is 0 Å². The largest absolute Gasteiger partial charge is 0.326 e. The number of benzene rings is 1. The lowest BCUT2D eigenvalue weighted by molar-refractivity contribution is 0.0807. The van der Waals surface area contributed by atoms with E-state index in [0.717, 1.165) is 25.1 Å². The Morgan fingerprint density at radius 3 is 2.50 bits per heavy atom. The van der Waals surface area contributed by atoms with E-state index < -0.39 is 0 Å². The maximum absolute atomic E-state index is 13.5. The zero-order chi connectivity index (χ0) is 14.8. The molecule has 3 heteroatoms. The monoisotopic (exact) mass is 278 g/mol. The predicted octanol–water partition coefficient (Wildman–Crippen LogP) is 3.73. The number of hydrogen-bond acceptors (Lipinski definition) is 2. The van der Waals surface area contributed by atoms with Crippen molar-refractivity contribution in [2.24, 2.45) is 11.1 Å². The fourth-order valence-corrected chi connectivity index (χ4v) is 3.05. The molecule has 1 aliphatic heterocycles. The standard InChI is InChI=1S/C17H27FN2/c1-4-15(19)16(13-6-5-7-14(18)12-13)20-10-8-17(2,3)9-11-20/h5-7,12,15-16H,4,8-11,19H2,1-3H3. The van der Waals surface area contributed by atoms with E-state index in [4.69, 9.17) is 5.73 Å². The van der Waals surface area contributed by atoms with Gasteiger partial charge in [0.25, 0.3) is 0 Å². The highest BCUT2D eigenvalue weighted by atomic mass is 19.1. The van der Waals surface area contributed by atoms with E-state index in [1.807, 2.05) is 6.07 Å². The van der Waals surface area contributed by atoms with Crippen molar-refractivity contribution in [1.82, 2.24) is 4.90 Å². The predicted molar refractivity (Wildman–Crippen MR) is 82.0 cm³/mol. The van der Waals surface area contributed by atoms with Crippen LogP contribution in [0.1, 0.15) is 51.6 Å². The van der Waals surface area contributed by atoms with Gasteiger partial charge in [0.15, 0.2) is 0 Å². The Labute approximate surface area is 122 Å². The highest BCUT2D eigenvalue weighted by Crippen LogP contribution is 2.35. The molecule has 1 saturated heterocycles. The van der Waals surface area contributed by atoms with E-state index >= 15 is 0 Å². The average molecular weight is 278 g/mol. The summed E-state index contributed by atoms with van der Waals surface area (Å²) >= 11 is 0. The Kier molecular flexibility index (Phi) is 4.82. The van der Waals surface area contributed by atoms with Gasteiger partial charge in [0.1, 0.15) is 5.82 Å². The second kappa shape index (κ2) is 6.23. The molecule has 112 valence electrons. The van der Waals surface area contributed by atoms with E-state index in [9.17, 15) is 4.39 Å². The Morgan fingerprint density at radius 2 is 1.95 bits per heavy atom. The van der Waals surface area contributed by atoms with Gasteiger partial charge in [0.05, 0.1) is 0 Å². The Hall–Kier alpha value is -0.930. The van der Waals surface area contributed by atoms with Crippen LogP contribution in [-0.2, 0) is 0 Å². The summed E-state index contributed by atoms with van der Waals surface area (Å²) < 4.78 is 13.5. The number of piperidine rings is 1. The van der Waals surface area contributed by atoms with Gasteiger partial charge < -0.3 is 5.73 Å². The molecule has 0 spiro atoms. The molecular weight excluding hydrogens is 251 g/mol. The van der Waals surface area contributed by atoms with Crippen molar-refractivity contribution >= 4 is 0 Å². The van der Waals surface area contributed by atoms with Crippen LogP contribution < -0.4 is 5.73 Å². The van der Waals surface area contributed by atoms with E-state index in [0.29, 0.717) is 5.41 Å². The van der Waals surface area contributed by atoms with Gasteiger partial charge in [0.2, 0.25) is 0 Å². The summed E-state index contributed by atoms with van der Waals surface area (Å²) in [5.41, 5.74) is 7.76. The third-order valence-corrected chi connectivity index (χ3v) is 4.61. The van der Waals surface area contributed by atoms with Gasteiger partial charge in [-0.1, -0.05) is 32.9 Å². The third-order valence-electron chi connectivity index (χ3n) is 4.61. The van der Waals surface area contributed by atoms with Crippen LogP contribution in [0.15, 0.2) is 24.3 Å². The second-order valence-corrected chi connectivity index (χ2v) is 6.77. The van der Waals surface area contributed by atoms with E-state index in [1.54, 1.807) is 12.1 Å². The van der Waals surface area contributed by atoms with Crippen LogP contribution in [0, 0.1) is 11.2 Å². The van der Waals surface area contributed by atoms with Gasteiger partial charge >= 0.3 is 0 Å². The van der Waals surface area contributed by atoms with Crippen molar-refractivity contribution in [3.05, 3.63) is 35.6 Å². The lowest BCUT2D eigenvalue weighted by Crippen LogP contribution is -2.46. The number of rotatable bonds is 4. The van der Waals surface area contributed by atoms with Gasteiger partial charge in [-0.25, -0.2) is 4.39 Å². The fraction of sp³-hybridized carbons (Fsp3) is 0.647. The van der Waals surface area contributed by atoms with Crippen LogP contribution in [0.25, 0.3) is 0 Å². The molecule has 0 saturated carbocycles. The van der Waals surface area contributed by atoms with Crippen molar-refractivity contribution < 1.29 is 4.39 Å². The minimum absolute atomic E-state index is 0.0537. The number of nitrogens with zero attached hydrogens (tertiary/aromatic N) is 1. The molecule has 0 amide bonds. The molecular formula is C17H27FN2. The average Bonchev–Trinajstić information content (AvgIpc) is 2.41. The first-order valence-electron chi connectivity index (χ1n) is 7.68. The summed E-state index contributed by atoms with van der Waals surface area (Å²) in [6.07, 6.45) is 3.26. The van der Waals surface area contributed by atoms with Gasteiger partial charge in [-0.15, -0.1) is 0 Å². The SMILES string of the molecule is CCC(N)C(c1cccc(F)c1)N1CCC(C)(C)CC1. The normalized spacial score (nSPS) is 22.4. The van der Waals surface area contributed by atoms with Crippen molar-refractivity contribution in [1.29, 1.82) is 0 Å². The zero-order valence-electron chi connectivity index (χ0n) is 12.9. The van der Waals surface area contributed by atoms with Gasteiger partial charge in [-0.3, -0.25) is 4.90 Å². The molecule has 0 bridgehead atoms. The van der Waals surface area contributed by atoms with E-state index in [1.165, 1.54) is 18.9 Å². The van der Waals surface area contributed by atoms with Gasteiger partial charge in [0, 0.05) is 12.1 Å². The van der Waals surface area contributed by atoms with Gasteiger partial charge in [-0.05, 0) is 55.5 Å². The summed E-state index contributed by atoms with van der Waals surface area (Å²) in [4.78, 5) is 2.44. The topological polar surface area (TPSA) is 29.3 Å². The molecule has 20 heavy (non-hydrogen) atoms. The van der Waals surface area contributed by atoms with E-state index in [2.05, 4.69) is 25.7 Å². The molecule has 2 nitrogen and oxygen atoms in total. The van der Waals surface area contributed by atoms with Crippen LogP contribution >= 0.6 is 0 Å². The molecule has 2 N–H and O–H groups in total. The quantitative estimate of drug-likeness (QED) is 0.909. The zero-order valence-corrected chi connectivity index (χ0v) is 12.9. The van der Waals surface area contributed by atoms with Crippen molar-refractivity contribution in [3.63, 3.8) is 0 Å². The molecule has 1 heterocycles. The van der Waals surface area contributed by atoms with Crippen LogP contribution in [0.2, 0.25) is 0 Å². The van der Waals surface area contributed by atoms with E-state index in [-0.39, 0.29) is 17.9 Å². The smallest absolute Gasteiger partial charge is 0.123 e.